The van der Waals surface area contributed by atoms with E-state index in [1.807, 2.05) is 0 Å². The van der Waals surface area contributed by atoms with Crippen molar-refractivity contribution in [3.63, 3.8) is 0 Å². The molecule has 0 spiro atoms. The molecule has 15 heavy (non-hydrogen) atoms. The summed E-state index contributed by atoms with van der Waals surface area (Å²) in [5, 5.41) is 17.3. The molecular formula is C13H28O2. The molecule has 0 heterocycles. The Morgan fingerprint density at radius 3 is 1.47 bits per heavy atom. The van der Waals surface area contributed by atoms with Gasteiger partial charge >= 0.3 is 0 Å². The molecule has 0 aromatic heterocycles. The van der Waals surface area contributed by atoms with Crippen molar-refractivity contribution >= 4 is 0 Å². The van der Waals surface area contributed by atoms with Gasteiger partial charge < -0.3 is 10.2 Å². The maximum Gasteiger partial charge on any atom is 0.151 e. The first kappa shape index (κ1) is 14.9. The molecule has 0 aliphatic carbocycles. The van der Waals surface area contributed by atoms with E-state index in [0.717, 1.165) is 12.8 Å². The maximum atomic E-state index is 8.63. The molecule has 0 aromatic rings. The van der Waals surface area contributed by atoms with Crippen LogP contribution in [-0.2, 0) is 0 Å². The van der Waals surface area contributed by atoms with Gasteiger partial charge in [0.05, 0.1) is 0 Å². The highest BCUT2D eigenvalue weighted by Crippen LogP contribution is 2.11. The average Bonchev–Trinajstić information content (AvgIpc) is 2.20. The van der Waals surface area contributed by atoms with Crippen LogP contribution in [0.2, 0.25) is 0 Å². The molecule has 0 atom stereocenters. The lowest BCUT2D eigenvalue weighted by atomic mass is 10.1. The van der Waals surface area contributed by atoms with Crippen molar-refractivity contribution in [1.82, 2.24) is 0 Å². The van der Waals surface area contributed by atoms with Crippen molar-refractivity contribution in [1.29, 1.82) is 0 Å². The fourth-order valence-electron chi connectivity index (χ4n) is 1.81. The number of hydrogen-bond acceptors (Lipinski definition) is 2. The molecule has 2 nitrogen and oxygen atoms in total. The van der Waals surface area contributed by atoms with E-state index in [0.29, 0.717) is 6.42 Å². The Morgan fingerprint density at radius 1 is 0.667 bits per heavy atom. The van der Waals surface area contributed by atoms with Crippen LogP contribution in [0.25, 0.3) is 0 Å². The second kappa shape index (κ2) is 12.0. The van der Waals surface area contributed by atoms with Crippen LogP contribution in [0.4, 0.5) is 0 Å². The summed E-state index contributed by atoms with van der Waals surface area (Å²) < 4.78 is 0. The van der Waals surface area contributed by atoms with Gasteiger partial charge in [0.1, 0.15) is 0 Å². The van der Waals surface area contributed by atoms with Crippen LogP contribution in [0.1, 0.15) is 77.6 Å². The van der Waals surface area contributed by atoms with Crippen molar-refractivity contribution in [2.45, 2.75) is 83.8 Å². The third kappa shape index (κ3) is 13.9. The first-order chi connectivity index (χ1) is 7.27. The van der Waals surface area contributed by atoms with Crippen LogP contribution >= 0.6 is 0 Å². The zero-order valence-electron chi connectivity index (χ0n) is 10.2. The van der Waals surface area contributed by atoms with E-state index < -0.39 is 6.29 Å². The third-order valence-corrected chi connectivity index (χ3v) is 2.82. The minimum absolute atomic E-state index is 0.538. The molecule has 92 valence electrons. The van der Waals surface area contributed by atoms with E-state index in [2.05, 4.69) is 6.92 Å². The van der Waals surface area contributed by atoms with Crippen molar-refractivity contribution < 1.29 is 10.2 Å². The number of unbranched alkanes of at least 4 members (excludes halogenated alkanes) is 9. The Morgan fingerprint density at radius 2 is 1.07 bits per heavy atom. The lowest BCUT2D eigenvalue weighted by Gasteiger charge is -2.03. The molecule has 0 saturated carbocycles. The quantitative estimate of drug-likeness (QED) is 0.409. The van der Waals surface area contributed by atoms with E-state index in [-0.39, 0.29) is 0 Å². The zero-order valence-corrected chi connectivity index (χ0v) is 10.2. The smallest absolute Gasteiger partial charge is 0.151 e. The number of aliphatic hydroxyl groups is 2. The molecule has 0 aromatic carbocycles. The second-order valence-corrected chi connectivity index (χ2v) is 4.45. The summed E-state index contributed by atoms with van der Waals surface area (Å²) in [5.74, 6) is 0. The summed E-state index contributed by atoms with van der Waals surface area (Å²) in [6.07, 6.45) is 12.3. The molecule has 0 saturated heterocycles. The fourth-order valence-corrected chi connectivity index (χ4v) is 1.81. The number of rotatable bonds is 11. The summed E-state index contributed by atoms with van der Waals surface area (Å²) in [5.41, 5.74) is 0. The molecule has 0 bridgehead atoms. The Hall–Kier alpha value is -0.0800. The first-order valence-corrected chi connectivity index (χ1v) is 6.63. The molecule has 0 radical (unpaired) electrons. The minimum Gasteiger partial charge on any atom is -0.368 e. The van der Waals surface area contributed by atoms with Gasteiger partial charge in [-0.05, 0) is 12.8 Å². The molecule has 0 unspecified atom stereocenters. The van der Waals surface area contributed by atoms with Crippen LogP contribution in [0.5, 0.6) is 0 Å². The van der Waals surface area contributed by atoms with Gasteiger partial charge in [-0.1, -0.05) is 64.7 Å². The van der Waals surface area contributed by atoms with E-state index in [4.69, 9.17) is 10.2 Å². The molecule has 0 fully saturated rings. The van der Waals surface area contributed by atoms with E-state index in [1.165, 1.54) is 51.4 Å². The number of hydrogen-bond donors (Lipinski definition) is 2. The molecule has 0 aliphatic heterocycles. The molecule has 0 rings (SSSR count). The molecule has 0 amide bonds. The highest BCUT2D eigenvalue weighted by atomic mass is 16.5. The Balaban J connectivity index is 2.87. The molecule has 2 heteroatoms. The number of aliphatic hydroxyl groups excluding tert-OH is 1. The predicted octanol–water partition coefficient (Wildman–Crippen LogP) is 3.61. The van der Waals surface area contributed by atoms with Crippen LogP contribution in [0.15, 0.2) is 0 Å². The summed E-state index contributed by atoms with van der Waals surface area (Å²) >= 11 is 0. The fraction of sp³-hybridized carbons (Fsp3) is 1.00. The molecular weight excluding hydrogens is 188 g/mol. The Kier molecular flexibility index (Phi) is 11.9. The highest BCUT2D eigenvalue weighted by Gasteiger charge is 1.96. The first-order valence-electron chi connectivity index (χ1n) is 6.63. The van der Waals surface area contributed by atoms with Crippen LogP contribution in [0.3, 0.4) is 0 Å². The van der Waals surface area contributed by atoms with Gasteiger partial charge in [0.15, 0.2) is 6.29 Å². The Labute approximate surface area is 94.7 Å². The summed E-state index contributed by atoms with van der Waals surface area (Å²) in [6, 6.07) is 0. The van der Waals surface area contributed by atoms with Crippen molar-refractivity contribution in [2.24, 2.45) is 0 Å². The lowest BCUT2D eigenvalue weighted by molar-refractivity contribution is -0.0466. The van der Waals surface area contributed by atoms with E-state index in [1.54, 1.807) is 0 Å². The van der Waals surface area contributed by atoms with Gasteiger partial charge in [-0.2, -0.15) is 0 Å². The van der Waals surface area contributed by atoms with Gasteiger partial charge in [-0.25, -0.2) is 0 Å². The van der Waals surface area contributed by atoms with Crippen molar-refractivity contribution in [2.75, 3.05) is 0 Å². The van der Waals surface area contributed by atoms with E-state index in [9.17, 15) is 0 Å². The standard InChI is InChI=1S/C13H28O2/c1-2-3-4-5-6-7-8-9-10-11-12-13(14)15/h13-15H,2-12H2,1H3. The van der Waals surface area contributed by atoms with E-state index >= 15 is 0 Å². The summed E-state index contributed by atoms with van der Waals surface area (Å²) in [4.78, 5) is 0. The lowest BCUT2D eigenvalue weighted by Crippen LogP contribution is -2.02. The SMILES string of the molecule is CCCCCCCCCCCCC(O)O. The molecule has 0 aliphatic rings. The largest absolute Gasteiger partial charge is 0.368 e. The van der Waals surface area contributed by atoms with Gasteiger partial charge in [-0.3, -0.25) is 0 Å². The average molecular weight is 216 g/mol. The zero-order chi connectivity index (χ0) is 11.4. The predicted molar refractivity (Wildman–Crippen MR) is 64.7 cm³/mol. The monoisotopic (exact) mass is 216 g/mol. The van der Waals surface area contributed by atoms with Gasteiger partial charge in [0, 0.05) is 0 Å². The topological polar surface area (TPSA) is 40.5 Å². The van der Waals surface area contributed by atoms with Crippen LogP contribution in [0, 0.1) is 0 Å². The van der Waals surface area contributed by atoms with Gasteiger partial charge in [0.25, 0.3) is 0 Å². The van der Waals surface area contributed by atoms with Crippen molar-refractivity contribution in [3.8, 4) is 0 Å². The minimum atomic E-state index is -1.10. The second-order valence-electron chi connectivity index (χ2n) is 4.45. The van der Waals surface area contributed by atoms with Crippen LogP contribution in [-0.4, -0.2) is 16.5 Å². The summed E-state index contributed by atoms with van der Waals surface area (Å²) in [7, 11) is 0. The van der Waals surface area contributed by atoms with Gasteiger partial charge in [0.2, 0.25) is 0 Å². The summed E-state index contributed by atoms with van der Waals surface area (Å²) in [6.45, 7) is 2.25. The maximum absolute atomic E-state index is 8.63. The normalized spacial score (nSPS) is 11.2. The highest BCUT2D eigenvalue weighted by molar-refractivity contribution is 4.48. The molecule has 2 N–H and O–H groups in total. The van der Waals surface area contributed by atoms with Crippen molar-refractivity contribution in [3.05, 3.63) is 0 Å². The Bertz CT molecular complexity index is 113. The van der Waals surface area contributed by atoms with Gasteiger partial charge in [-0.15, -0.1) is 0 Å². The third-order valence-electron chi connectivity index (χ3n) is 2.82. The van der Waals surface area contributed by atoms with Crippen LogP contribution < -0.4 is 0 Å².